The molecule has 2 aromatic carbocycles. The van der Waals surface area contributed by atoms with E-state index in [9.17, 15) is 9.59 Å². The van der Waals surface area contributed by atoms with Gasteiger partial charge in [0.25, 0.3) is 5.91 Å². The lowest BCUT2D eigenvalue weighted by molar-refractivity contribution is -0.128. The van der Waals surface area contributed by atoms with Crippen LogP contribution in [0.15, 0.2) is 36.4 Å². The summed E-state index contributed by atoms with van der Waals surface area (Å²) >= 11 is 0. The third kappa shape index (κ3) is 2.27. The lowest BCUT2D eigenvalue weighted by atomic mass is 10.1. The summed E-state index contributed by atoms with van der Waals surface area (Å²) in [5.74, 6) is 0.136. The van der Waals surface area contributed by atoms with Crippen LogP contribution >= 0.6 is 0 Å². The van der Waals surface area contributed by atoms with Crippen LogP contribution in [0.5, 0.6) is 0 Å². The minimum atomic E-state index is 0.0408. The molecule has 0 bridgehead atoms. The van der Waals surface area contributed by atoms with Crippen molar-refractivity contribution in [3.05, 3.63) is 42.0 Å². The Kier molecular flexibility index (Phi) is 3.37. The summed E-state index contributed by atoms with van der Waals surface area (Å²) in [7, 11) is 3.50. The van der Waals surface area contributed by atoms with Crippen LogP contribution in [0.1, 0.15) is 23.2 Å². The monoisotopic (exact) mass is 282 g/mol. The Morgan fingerprint density at radius 1 is 1.14 bits per heavy atom. The molecular weight excluding hydrogens is 264 g/mol. The fraction of sp³-hybridized carbons (Fsp3) is 0.294. The van der Waals surface area contributed by atoms with Crippen LogP contribution in [0.3, 0.4) is 0 Å². The highest BCUT2D eigenvalue weighted by Gasteiger charge is 2.28. The van der Waals surface area contributed by atoms with Gasteiger partial charge in [-0.3, -0.25) is 9.59 Å². The molecule has 1 aliphatic rings. The third-order valence-corrected chi connectivity index (χ3v) is 3.92. The van der Waals surface area contributed by atoms with Crippen molar-refractivity contribution in [1.29, 1.82) is 0 Å². The number of carbonyl (C=O) groups is 2. The first kappa shape index (κ1) is 13.6. The zero-order valence-electron chi connectivity index (χ0n) is 12.3. The lowest BCUT2D eigenvalue weighted by Crippen LogP contribution is -2.29. The van der Waals surface area contributed by atoms with E-state index < -0.39 is 0 Å². The summed E-state index contributed by atoms with van der Waals surface area (Å²) in [5, 5.41) is 2.12. The first-order valence-electron chi connectivity index (χ1n) is 7.13. The number of rotatable bonds is 4. The maximum atomic E-state index is 12.5. The van der Waals surface area contributed by atoms with Crippen LogP contribution in [0.25, 0.3) is 10.8 Å². The Balaban J connectivity index is 1.82. The molecule has 0 saturated carbocycles. The minimum Gasteiger partial charge on any atom is -0.349 e. The molecular formula is C17H18N2O2. The summed E-state index contributed by atoms with van der Waals surface area (Å²) in [6, 6.07) is 11.8. The predicted octanol–water partition coefficient (Wildman–Crippen LogP) is 2.67. The normalized spacial score (nSPS) is 13.0. The van der Waals surface area contributed by atoms with E-state index in [2.05, 4.69) is 0 Å². The van der Waals surface area contributed by atoms with Crippen LogP contribution in [0.4, 0.5) is 5.69 Å². The highest BCUT2D eigenvalue weighted by molar-refractivity contribution is 6.24. The molecule has 0 spiro atoms. The molecule has 2 amide bonds. The number of carbonyl (C=O) groups excluding carboxylic acids is 2. The highest BCUT2D eigenvalue weighted by Crippen LogP contribution is 2.37. The summed E-state index contributed by atoms with van der Waals surface area (Å²) in [6.45, 7) is 0.576. The van der Waals surface area contributed by atoms with Crippen molar-refractivity contribution < 1.29 is 9.59 Å². The second-order valence-corrected chi connectivity index (χ2v) is 5.53. The summed E-state index contributed by atoms with van der Waals surface area (Å²) in [6.07, 6.45) is 1.14. The molecule has 0 saturated heterocycles. The van der Waals surface area contributed by atoms with Crippen molar-refractivity contribution in [3.63, 3.8) is 0 Å². The van der Waals surface area contributed by atoms with Crippen molar-refractivity contribution in [3.8, 4) is 0 Å². The maximum Gasteiger partial charge on any atom is 0.258 e. The molecule has 2 aromatic rings. The predicted molar refractivity (Wildman–Crippen MR) is 83.6 cm³/mol. The average Bonchev–Trinajstić information content (AvgIpc) is 2.75. The van der Waals surface area contributed by atoms with Crippen molar-refractivity contribution in [2.75, 3.05) is 25.5 Å². The zero-order chi connectivity index (χ0) is 15.0. The van der Waals surface area contributed by atoms with Crippen molar-refractivity contribution in [2.45, 2.75) is 12.8 Å². The van der Waals surface area contributed by atoms with Gasteiger partial charge in [-0.05, 0) is 23.9 Å². The number of hydrogen-bond acceptors (Lipinski definition) is 2. The quantitative estimate of drug-likeness (QED) is 0.865. The molecule has 108 valence electrons. The molecule has 0 N–H and O–H groups in total. The Hall–Kier alpha value is -2.36. The van der Waals surface area contributed by atoms with Gasteiger partial charge in [0.15, 0.2) is 0 Å². The standard InChI is InChI=1S/C17H18N2O2/c1-18(2)15(20)10-5-11-19-14-9-4-7-12-6-3-8-13(16(12)14)17(19)21/h3-4,6-9H,5,10-11H2,1-2H3. The number of hydrogen-bond donors (Lipinski definition) is 0. The fourth-order valence-electron chi connectivity index (χ4n) is 2.81. The van der Waals surface area contributed by atoms with Gasteiger partial charge < -0.3 is 9.80 Å². The molecule has 21 heavy (non-hydrogen) atoms. The molecule has 3 rings (SSSR count). The second kappa shape index (κ2) is 5.20. The summed E-state index contributed by atoms with van der Waals surface area (Å²) in [5.41, 5.74) is 1.73. The van der Waals surface area contributed by atoms with E-state index in [0.717, 1.165) is 22.0 Å². The summed E-state index contributed by atoms with van der Waals surface area (Å²) in [4.78, 5) is 27.5. The van der Waals surface area contributed by atoms with Gasteiger partial charge in [0.2, 0.25) is 5.91 Å². The van der Waals surface area contributed by atoms with E-state index in [-0.39, 0.29) is 11.8 Å². The van der Waals surface area contributed by atoms with Gasteiger partial charge in [-0.25, -0.2) is 0 Å². The van der Waals surface area contributed by atoms with Crippen LogP contribution in [0, 0.1) is 0 Å². The van der Waals surface area contributed by atoms with Gasteiger partial charge in [0, 0.05) is 38.0 Å². The van der Waals surface area contributed by atoms with E-state index in [1.165, 1.54) is 0 Å². The van der Waals surface area contributed by atoms with E-state index >= 15 is 0 Å². The maximum absolute atomic E-state index is 12.5. The first-order chi connectivity index (χ1) is 10.1. The Morgan fingerprint density at radius 2 is 1.86 bits per heavy atom. The van der Waals surface area contributed by atoms with E-state index in [1.807, 2.05) is 36.4 Å². The van der Waals surface area contributed by atoms with Gasteiger partial charge in [0.05, 0.1) is 5.69 Å². The number of benzene rings is 2. The smallest absolute Gasteiger partial charge is 0.258 e. The lowest BCUT2D eigenvalue weighted by Gasteiger charge is -2.18. The minimum absolute atomic E-state index is 0.0408. The molecule has 0 fully saturated rings. The van der Waals surface area contributed by atoms with Crippen LogP contribution in [-0.4, -0.2) is 37.4 Å². The third-order valence-electron chi connectivity index (χ3n) is 3.92. The van der Waals surface area contributed by atoms with Crippen LogP contribution in [-0.2, 0) is 4.79 Å². The van der Waals surface area contributed by atoms with Crippen molar-refractivity contribution in [2.24, 2.45) is 0 Å². The zero-order valence-corrected chi connectivity index (χ0v) is 12.3. The molecule has 0 aliphatic carbocycles. The van der Waals surface area contributed by atoms with E-state index in [4.69, 9.17) is 0 Å². The number of anilines is 1. The summed E-state index contributed by atoms with van der Waals surface area (Å²) < 4.78 is 0. The molecule has 0 radical (unpaired) electrons. The second-order valence-electron chi connectivity index (χ2n) is 5.53. The SMILES string of the molecule is CN(C)C(=O)CCCN1C(=O)c2cccc3cccc1c23. The van der Waals surface area contributed by atoms with Gasteiger partial charge in [0.1, 0.15) is 0 Å². The highest BCUT2D eigenvalue weighted by atomic mass is 16.2. The van der Waals surface area contributed by atoms with Gasteiger partial charge >= 0.3 is 0 Å². The molecule has 1 heterocycles. The Bertz CT molecular complexity index is 717. The number of amides is 2. The van der Waals surface area contributed by atoms with E-state index in [1.54, 1.807) is 23.9 Å². The number of nitrogens with zero attached hydrogens (tertiary/aromatic N) is 2. The van der Waals surface area contributed by atoms with Gasteiger partial charge in [-0.1, -0.05) is 24.3 Å². The molecule has 0 aromatic heterocycles. The van der Waals surface area contributed by atoms with Crippen molar-refractivity contribution >= 4 is 28.3 Å². The molecule has 1 aliphatic heterocycles. The average molecular weight is 282 g/mol. The molecule has 0 atom stereocenters. The Labute approximate surface area is 124 Å². The van der Waals surface area contributed by atoms with Crippen LogP contribution < -0.4 is 4.90 Å². The van der Waals surface area contributed by atoms with Crippen LogP contribution in [0.2, 0.25) is 0 Å². The van der Waals surface area contributed by atoms with E-state index in [0.29, 0.717) is 19.4 Å². The van der Waals surface area contributed by atoms with Gasteiger partial charge in [-0.2, -0.15) is 0 Å². The molecule has 4 heteroatoms. The molecule has 4 nitrogen and oxygen atoms in total. The van der Waals surface area contributed by atoms with Crippen molar-refractivity contribution in [1.82, 2.24) is 4.90 Å². The largest absolute Gasteiger partial charge is 0.349 e. The molecule has 0 unspecified atom stereocenters. The topological polar surface area (TPSA) is 40.6 Å². The van der Waals surface area contributed by atoms with Gasteiger partial charge in [-0.15, -0.1) is 0 Å². The Morgan fingerprint density at radius 3 is 2.57 bits per heavy atom. The fourth-order valence-corrected chi connectivity index (χ4v) is 2.81. The first-order valence-corrected chi connectivity index (χ1v) is 7.13.